The summed E-state index contributed by atoms with van der Waals surface area (Å²) < 4.78 is 1.88. The van der Waals surface area contributed by atoms with Crippen molar-refractivity contribution in [1.29, 1.82) is 0 Å². The highest BCUT2D eigenvalue weighted by molar-refractivity contribution is 5.91. The van der Waals surface area contributed by atoms with Crippen LogP contribution in [0.3, 0.4) is 0 Å². The second-order valence-corrected chi connectivity index (χ2v) is 6.93. The minimum atomic E-state index is -0.185. The molecule has 2 aromatic heterocycles. The zero-order valence-corrected chi connectivity index (χ0v) is 15.0. The minimum absolute atomic E-state index is 0.00397. The van der Waals surface area contributed by atoms with Gasteiger partial charge in [-0.3, -0.25) is 9.48 Å². The number of nitrogens with one attached hydrogen (secondary N) is 2. The maximum absolute atomic E-state index is 12.5. The number of nitrogens with two attached hydrogens (primary N) is 1. The molecular formula is C20H22N6O. The van der Waals surface area contributed by atoms with Crippen molar-refractivity contribution < 1.29 is 0 Å². The van der Waals surface area contributed by atoms with E-state index in [2.05, 4.69) is 15.1 Å². The monoisotopic (exact) mass is 362 g/mol. The van der Waals surface area contributed by atoms with Crippen LogP contribution in [0, 0.1) is 6.57 Å². The number of aromatic nitrogens is 3. The molecule has 27 heavy (non-hydrogen) atoms. The Kier molecular flexibility index (Phi) is 4.65. The van der Waals surface area contributed by atoms with Gasteiger partial charge in [-0.15, -0.1) is 0 Å². The van der Waals surface area contributed by atoms with E-state index in [-0.39, 0.29) is 17.6 Å². The van der Waals surface area contributed by atoms with Gasteiger partial charge >= 0.3 is 0 Å². The van der Waals surface area contributed by atoms with Crippen molar-refractivity contribution in [2.75, 3.05) is 5.32 Å². The van der Waals surface area contributed by atoms with E-state index in [0.717, 1.165) is 42.5 Å². The van der Waals surface area contributed by atoms with Gasteiger partial charge in [0.05, 0.1) is 5.52 Å². The lowest BCUT2D eigenvalue weighted by Gasteiger charge is -2.24. The van der Waals surface area contributed by atoms with Gasteiger partial charge in [-0.1, -0.05) is 18.6 Å². The molecule has 0 spiro atoms. The second kappa shape index (κ2) is 7.25. The van der Waals surface area contributed by atoms with Crippen LogP contribution in [-0.4, -0.2) is 20.8 Å². The zero-order chi connectivity index (χ0) is 18.8. The third-order valence-electron chi connectivity index (χ3n) is 5.26. The maximum Gasteiger partial charge on any atom is 0.261 e. The van der Waals surface area contributed by atoms with Crippen molar-refractivity contribution in [1.82, 2.24) is 14.8 Å². The number of nitrogens with zero attached hydrogens (tertiary/aromatic N) is 3. The van der Waals surface area contributed by atoms with E-state index < -0.39 is 0 Å². The minimum Gasteiger partial charge on any atom is -0.338 e. The summed E-state index contributed by atoms with van der Waals surface area (Å²) >= 11 is 0. The predicted molar refractivity (Wildman–Crippen MR) is 106 cm³/mol. The molecule has 1 aromatic carbocycles. The molecular weight excluding hydrogens is 340 g/mol. The summed E-state index contributed by atoms with van der Waals surface area (Å²) in [7, 11) is 0. The van der Waals surface area contributed by atoms with Crippen LogP contribution in [0.2, 0.25) is 0 Å². The molecule has 138 valence electrons. The van der Waals surface area contributed by atoms with Gasteiger partial charge in [0.1, 0.15) is 11.4 Å². The highest BCUT2D eigenvalue weighted by atomic mass is 16.1. The second-order valence-electron chi connectivity index (χ2n) is 6.93. The molecule has 4 N–H and O–H groups in total. The molecule has 2 atom stereocenters. The Labute approximate surface area is 157 Å². The number of hydrogen-bond donors (Lipinski definition) is 3. The number of fused-ring (bicyclic) bond motifs is 1. The summed E-state index contributed by atoms with van der Waals surface area (Å²) in [6.07, 6.45) is 5.56. The Morgan fingerprint density at radius 2 is 2.04 bits per heavy atom. The predicted octanol–water partition coefficient (Wildman–Crippen LogP) is 3.33. The van der Waals surface area contributed by atoms with Gasteiger partial charge in [0.15, 0.2) is 5.82 Å². The summed E-state index contributed by atoms with van der Waals surface area (Å²) in [5, 5.41) is 8.51. The van der Waals surface area contributed by atoms with Crippen LogP contribution in [0.25, 0.3) is 15.7 Å². The molecule has 1 saturated carbocycles. The molecule has 0 amide bonds. The van der Waals surface area contributed by atoms with Gasteiger partial charge in [-0.2, -0.15) is 5.10 Å². The highest BCUT2D eigenvalue weighted by Gasteiger charge is 2.33. The standard InChI is InChI=1S/C20H22N6O/c1-22-15-4-2-3-5-16(15)26-17-10-11-23-20(27)18(17)19(25-26)24-14-8-6-13(12-21)7-9-14/h6-11,15-16H,2-5,12,21H2,(H,23,27)(H,24,25)/t15-,16-/m0/s1. The van der Waals surface area contributed by atoms with E-state index in [1.54, 1.807) is 6.20 Å². The molecule has 0 radical (unpaired) electrons. The first-order chi connectivity index (χ1) is 13.2. The summed E-state index contributed by atoms with van der Waals surface area (Å²) in [6, 6.07) is 9.50. The lowest BCUT2D eigenvalue weighted by molar-refractivity contribution is 0.321. The van der Waals surface area contributed by atoms with Gasteiger partial charge in [0.25, 0.3) is 5.56 Å². The largest absolute Gasteiger partial charge is 0.338 e. The van der Waals surface area contributed by atoms with Crippen molar-refractivity contribution >= 4 is 22.4 Å². The molecule has 0 bridgehead atoms. The quantitative estimate of drug-likeness (QED) is 0.621. The number of benzene rings is 1. The average molecular weight is 362 g/mol. The van der Waals surface area contributed by atoms with Crippen molar-refractivity contribution in [3.05, 3.63) is 63.9 Å². The van der Waals surface area contributed by atoms with Gasteiger partial charge in [0, 0.05) is 24.8 Å². The van der Waals surface area contributed by atoms with Crippen LogP contribution < -0.4 is 16.6 Å². The smallest absolute Gasteiger partial charge is 0.261 e. The van der Waals surface area contributed by atoms with Crippen molar-refractivity contribution in [2.45, 2.75) is 44.3 Å². The van der Waals surface area contributed by atoms with Gasteiger partial charge < -0.3 is 20.9 Å². The first-order valence-corrected chi connectivity index (χ1v) is 9.24. The number of rotatable bonds is 4. The number of hydrogen-bond acceptors (Lipinski definition) is 4. The molecule has 7 nitrogen and oxygen atoms in total. The Morgan fingerprint density at radius 3 is 2.78 bits per heavy atom. The van der Waals surface area contributed by atoms with E-state index in [0.29, 0.717) is 17.7 Å². The third kappa shape index (κ3) is 3.20. The van der Waals surface area contributed by atoms with Crippen LogP contribution in [0.15, 0.2) is 41.3 Å². The third-order valence-corrected chi connectivity index (χ3v) is 5.26. The fraction of sp³-hybridized carbons (Fsp3) is 0.350. The van der Waals surface area contributed by atoms with E-state index in [1.807, 2.05) is 35.0 Å². The molecule has 2 heterocycles. The first kappa shape index (κ1) is 17.3. The topological polar surface area (TPSA) is 93.1 Å². The summed E-state index contributed by atoms with van der Waals surface area (Å²) in [4.78, 5) is 19.1. The van der Waals surface area contributed by atoms with E-state index in [9.17, 15) is 4.79 Å². The number of aromatic amines is 1. The maximum atomic E-state index is 12.5. The zero-order valence-electron chi connectivity index (χ0n) is 15.0. The number of anilines is 2. The number of pyridine rings is 1. The van der Waals surface area contributed by atoms with Crippen LogP contribution in [0.5, 0.6) is 0 Å². The van der Waals surface area contributed by atoms with E-state index in [4.69, 9.17) is 17.4 Å². The Balaban J connectivity index is 1.79. The van der Waals surface area contributed by atoms with Gasteiger partial charge in [-0.25, -0.2) is 6.57 Å². The van der Waals surface area contributed by atoms with E-state index >= 15 is 0 Å². The molecule has 1 fully saturated rings. The summed E-state index contributed by atoms with van der Waals surface area (Å²) in [6.45, 7) is 8.03. The fourth-order valence-electron chi connectivity index (χ4n) is 3.83. The summed E-state index contributed by atoms with van der Waals surface area (Å²) in [5.74, 6) is 0.515. The van der Waals surface area contributed by atoms with Crippen LogP contribution in [-0.2, 0) is 6.54 Å². The molecule has 1 aliphatic carbocycles. The van der Waals surface area contributed by atoms with Crippen LogP contribution in [0.1, 0.15) is 37.3 Å². The molecule has 0 aliphatic heterocycles. The summed E-state index contributed by atoms with van der Waals surface area (Å²) in [5.41, 5.74) is 8.11. The normalized spacial score (nSPS) is 19.7. The van der Waals surface area contributed by atoms with Crippen LogP contribution >= 0.6 is 0 Å². The van der Waals surface area contributed by atoms with Gasteiger partial charge in [0.2, 0.25) is 6.04 Å². The van der Waals surface area contributed by atoms with Crippen molar-refractivity contribution in [3.8, 4) is 0 Å². The SMILES string of the molecule is [C-]#[N+][C@H]1CCCC[C@@H]1n1nc(Nc2ccc(CN)cc2)c2c(=O)[nH]ccc21. The Morgan fingerprint density at radius 1 is 1.26 bits per heavy atom. The Bertz CT molecular complexity index is 1040. The molecule has 0 unspecified atom stereocenters. The lowest BCUT2D eigenvalue weighted by atomic mass is 9.91. The first-order valence-electron chi connectivity index (χ1n) is 9.24. The Hall–Kier alpha value is -3.11. The fourth-order valence-corrected chi connectivity index (χ4v) is 3.83. The van der Waals surface area contributed by atoms with E-state index in [1.165, 1.54) is 0 Å². The molecule has 4 rings (SSSR count). The number of H-pyrrole nitrogens is 1. The van der Waals surface area contributed by atoms with Gasteiger partial charge in [-0.05, 0) is 36.6 Å². The highest BCUT2D eigenvalue weighted by Crippen LogP contribution is 2.34. The molecule has 7 heteroatoms. The van der Waals surface area contributed by atoms with Crippen LogP contribution in [0.4, 0.5) is 11.5 Å². The van der Waals surface area contributed by atoms with Crippen molar-refractivity contribution in [2.24, 2.45) is 5.73 Å². The average Bonchev–Trinajstić information content (AvgIpc) is 3.08. The molecule has 1 aliphatic rings. The molecule has 0 saturated heterocycles. The lowest BCUT2D eigenvalue weighted by Crippen LogP contribution is -2.26. The van der Waals surface area contributed by atoms with Crippen molar-refractivity contribution in [3.63, 3.8) is 0 Å². The molecule has 3 aromatic rings.